The second-order valence-corrected chi connectivity index (χ2v) is 3.02. The molecule has 0 aliphatic heterocycles. The number of carbonyl (C=O) groups is 2. The maximum atomic E-state index is 11.0. The number of Topliss-reactive ketones (excluding diaryl/α,β-unsaturated/α-hetero) is 1. The van der Waals surface area contributed by atoms with Crippen LogP contribution in [0.15, 0.2) is 24.3 Å². The summed E-state index contributed by atoms with van der Waals surface area (Å²) in [5.41, 5.74) is 1.17. The standard InChI is InChI=1S/C11H10N2O2/c1-8(14)9-2-4-10(5-3-9)13-11(15)6-7-12/h2-5H,6H2,1H3,(H,13,15). The third-order valence-electron chi connectivity index (χ3n) is 1.81. The fourth-order valence-corrected chi connectivity index (χ4v) is 1.07. The molecule has 0 atom stereocenters. The number of benzene rings is 1. The maximum Gasteiger partial charge on any atom is 0.238 e. The summed E-state index contributed by atoms with van der Waals surface area (Å²) in [4.78, 5) is 22.0. The average Bonchev–Trinajstić information content (AvgIpc) is 2.18. The van der Waals surface area contributed by atoms with Crippen molar-refractivity contribution in [2.24, 2.45) is 0 Å². The molecule has 0 bridgehead atoms. The van der Waals surface area contributed by atoms with Gasteiger partial charge in [0.1, 0.15) is 6.42 Å². The number of hydrogen-bond acceptors (Lipinski definition) is 3. The van der Waals surface area contributed by atoms with Crippen molar-refractivity contribution in [2.75, 3.05) is 5.32 Å². The lowest BCUT2D eigenvalue weighted by atomic mass is 10.1. The largest absolute Gasteiger partial charge is 0.325 e. The molecule has 0 heterocycles. The number of amides is 1. The van der Waals surface area contributed by atoms with Crippen LogP contribution in [0.5, 0.6) is 0 Å². The van der Waals surface area contributed by atoms with Crippen LogP contribution in [-0.4, -0.2) is 11.7 Å². The molecular weight excluding hydrogens is 192 g/mol. The lowest BCUT2D eigenvalue weighted by Gasteiger charge is -2.02. The molecule has 0 aliphatic carbocycles. The number of rotatable bonds is 3. The van der Waals surface area contributed by atoms with Crippen molar-refractivity contribution in [2.45, 2.75) is 13.3 Å². The first-order chi connectivity index (χ1) is 7.13. The van der Waals surface area contributed by atoms with Crippen LogP contribution in [0, 0.1) is 11.3 Å². The molecule has 0 fully saturated rings. The first-order valence-electron chi connectivity index (χ1n) is 4.41. The lowest BCUT2D eigenvalue weighted by Crippen LogP contribution is -2.10. The Morgan fingerprint density at radius 3 is 2.40 bits per heavy atom. The van der Waals surface area contributed by atoms with E-state index in [4.69, 9.17) is 5.26 Å². The monoisotopic (exact) mass is 202 g/mol. The second kappa shape index (κ2) is 4.91. The molecule has 0 spiro atoms. The molecule has 0 unspecified atom stereocenters. The van der Waals surface area contributed by atoms with Crippen molar-refractivity contribution in [1.82, 2.24) is 0 Å². The Hall–Kier alpha value is -2.15. The van der Waals surface area contributed by atoms with Crippen molar-refractivity contribution < 1.29 is 9.59 Å². The average molecular weight is 202 g/mol. The molecule has 1 aromatic carbocycles. The van der Waals surface area contributed by atoms with E-state index in [0.717, 1.165) is 0 Å². The fraction of sp³-hybridized carbons (Fsp3) is 0.182. The molecule has 1 aromatic rings. The number of nitriles is 1. The van der Waals surface area contributed by atoms with Gasteiger partial charge in [0, 0.05) is 11.3 Å². The van der Waals surface area contributed by atoms with Gasteiger partial charge in [0.15, 0.2) is 5.78 Å². The zero-order chi connectivity index (χ0) is 11.3. The third kappa shape index (κ3) is 3.24. The highest BCUT2D eigenvalue weighted by Crippen LogP contribution is 2.10. The van der Waals surface area contributed by atoms with Gasteiger partial charge in [-0.2, -0.15) is 5.26 Å². The van der Waals surface area contributed by atoms with Gasteiger partial charge in [-0.05, 0) is 31.2 Å². The summed E-state index contributed by atoms with van der Waals surface area (Å²) in [5.74, 6) is -0.377. The number of nitrogens with zero attached hydrogens (tertiary/aromatic N) is 1. The lowest BCUT2D eigenvalue weighted by molar-refractivity contribution is -0.115. The van der Waals surface area contributed by atoms with E-state index in [9.17, 15) is 9.59 Å². The molecule has 15 heavy (non-hydrogen) atoms. The molecule has 76 valence electrons. The molecular formula is C11H10N2O2. The molecule has 0 saturated heterocycles. The predicted molar refractivity (Wildman–Crippen MR) is 55.3 cm³/mol. The van der Waals surface area contributed by atoms with Gasteiger partial charge in [-0.1, -0.05) is 0 Å². The van der Waals surface area contributed by atoms with Gasteiger partial charge >= 0.3 is 0 Å². The van der Waals surface area contributed by atoms with E-state index < -0.39 is 0 Å². The van der Waals surface area contributed by atoms with Crippen LogP contribution in [0.2, 0.25) is 0 Å². The van der Waals surface area contributed by atoms with Crippen molar-refractivity contribution in [3.63, 3.8) is 0 Å². The van der Waals surface area contributed by atoms with Crippen molar-refractivity contribution in [3.8, 4) is 6.07 Å². The van der Waals surface area contributed by atoms with Crippen LogP contribution >= 0.6 is 0 Å². The minimum absolute atomic E-state index is 0.0232. The number of nitrogens with one attached hydrogen (secondary N) is 1. The van der Waals surface area contributed by atoms with Crippen molar-refractivity contribution >= 4 is 17.4 Å². The number of ketones is 1. The van der Waals surface area contributed by atoms with E-state index in [1.165, 1.54) is 6.92 Å². The summed E-state index contributed by atoms with van der Waals surface area (Å²) in [6.07, 6.45) is -0.172. The van der Waals surface area contributed by atoms with Crippen LogP contribution in [-0.2, 0) is 4.79 Å². The molecule has 0 aliphatic rings. The molecule has 0 radical (unpaired) electrons. The summed E-state index contributed by atoms with van der Waals surface area (Å²) in [6.45, 7) is 1.48. The second-order valence-electron chi connectivity index (χ2n) is 3.02. The smallest absolute Gasteiger partial charge is 0.238 e. The summed E-state index contributed by atoms with van der Waals surface area (Å²) in [6, 6.07) is 8.27. The van der Waals surface area contributed by atoms with Gasteiger partial charge in [0.2, 0.25) is 5.91 Å². The SMILES string of the molecule is CC(=O)c1ccc(NC(=O)CC#N)cc1. The Balaban J connectivity index is 2.69. The minimum atomic E-state index is -0.354. The van der Waals surface area contributed by atoms with Crippen LogP contribution in [0.3, 0.4) is 0 Å². The summed E-state index contributed by atoms with van der Waals surface area (Å²) in [5, 5.41) is 10.8. The highest BCUT2D eigenvalue weighted by molar-refractivity contribution is 5.95. The van der Waals surface area contributed by atoms with Gasteiger partial charge in [0.25, 0.3) is 0 Å². The van der Waals surface area contributed by atoms with E-state index in [1.807, 2.05) is 0 Å². The first kappa shape index (κ1) is 10.9. The Morgan fingerprint density at radius 2 is 1.93 bits per heavy atom. The van der Waals surface area contributed by atoms with Crippen LogP contribution in [0.25, 0.3) is 0 Å². The normalized spacial score (nSPS) is 9.07. The molecule has 1 amide bonds. The van der Waals surface area contributed by atoms with Gasteiger partial charge in [-0.15, -0.1) is 0 Å². The Morgan fingerprint density at radius 1 is 1.33 bits per heavy atom. The van der Waals surface area contributed by atoms with Gasteiger partial charge in [-0.25, -0.2) is 0 Å². The van der Waals surface area contributed by atoms with E-state index in [2.05, 4.69) is 5.32 Å². The molecule has 1 N–H and O–H groups in total. The molecule has 4 heteroatoms. The van der Waals surface area contributed by atoms with Gasteiger partial charge < -0.3 is 5.32 Å². The maximum absolute atomic E-state index is 11.0. The third-order valence-corrected chi connectivity index (χ3v) is 1.81. The summed E-state index contributed by atoms with van der Waals surface area (Å²) >= 11 is 0. The summed E-state index contributed by atoms with van der Waals surface area (Å²) in [7, 11) is 0. The van der Waals surface area contributed by atoms with Gasteiger partial charge in [0.05, 0.1) is 6.07 Å². The predicted octanol–water partition coefficient (Wildman–Crippen LogP) is 1.74. The highest BCUT2D eigenvalue weighted by atomic mass is 16.1. The highest BCUT2D eigenvalue weighted by Gasteiger charge is 2.02. The minimum Gasteiger partial charge on any atom is -0.325 e. The number of hydrogen-bond donors (Lipinski definition) is 1. The Bertz CT molecular complexity index is 415. The van der Waals surface area contributed by atoms with Gasteiger partial charge in [-0.3, -0.25) is 9.59 Å². The van der Waals surface area contributed by atoms with E-state index in [1.54, 1.807) is 30.3 Å². The zero-order valence-electron chi connectivity index (χ0n) is 8.28. The van der Waals surface area contributed by atoms with Crippen LogP contribution < -0.4 is 5.32 Å². The van der Waals surface area contributed by atoms with Crippen molar-refractivity contribution in [1.29, 1.82) is 5.26 Å². The molecule has 0 saturated carbocycles. The zero-order valence-corrected chi connectivity index (χ0v) is 8.28. The quantitative estimate of drug-likeness (QED) is 0.759. The van der Waals surface area contributed by atoms with E-state index in [-0.39, 0.29) is 18.1 Å². The Kier molecular flexibility index (Phi) is 3.58. The van der Waals surface area contributed by atoms with E-state index in [0.29, 0.717) is 11.3 Å². The summed E-state index contributed by atoms with van der Waals surface area (Å²) < 4.78 is 0. The first-order valence-corrected chi connectivity index (χ1v) is 4.41. The van der Waals surface area contributed by atoms with Crippen LogP contribution in [0.4, 0.5) is 5.69 Å². The van der Waals surface area contributed by atoms with E-state index >= 15 is 0 Å². The number of carbonyl (C=O) groups excluding carboxylic acids is 2. The molecule has 1 rings (SSSR count). The Labute approximate surface area is 87.5 Å². The topological polar surface area (TPSA) is 70.0 Å². The van der Waals surface area contributed by atoms with Crippen molar-refractivity contribution in [3.05, 3.63) is 29.8 Å². The molecule has 4 nitrogen and oxygen atoms in total. The molecule has 0 aromatic heterocycles. The number of anilines is 1. The van der Waals surface area contributed by atoms with Crippen LogP contribution in [0.1, 0.15) is 23.7 Å². The fourth-order valence-electron chi connectivity index (χ4n) is 1.07.